The van der Waals surface area contributed by atoms with Crippen LogP contribution in [0.2, 0.25) is 0 Å². The van der Waals surface area contributed by atoms with E-state index in [-0.39, 0.29) is 5.75 Å². The van der Waals surface area contributed by atoms with Gasteiger partial charge in [-0.3, -0.25) is 4.79 Å². The molecule has 0 spiro atoms. The molecule has 0 atom stereocenters. The van der Waals surface area contributed by atoms with Gasteiger partial charge in [0.15, 0.2) is 6.29 Å². The maximum Gasteiger partial charge on any atom is 0.150 e. The molecule has 0 aliphatic rings. The van der Waals surface area contributed by atoms with Crippen molar-refractivity contribution in [1.82, 2.24) is 0 Å². The molecule has 0 aliphatic carbocycles. The fourth-order valence-corrected chi connectivity index (χ4v) is 1.65. The Bertz CT molecular complexity index is 518. The summed E-state index contributed by atoms with van der Waals surface area (Å²) >= 11 is 0. The van der Waals surface area contributed by atoms with Crippen molar-refractivity contribution in [2.45, 2.75) is 0 Å². The van der Waals surface area contributed by atoms with Gasteiger partial charge in [0.1, 0.15) is 11.5 Å². The third-order valence-corrected chi connectivity index (χ3v) is 2.32. The van der Waals surface area contributed by atoms with Gasteiger partial charge >= 0.3 is 0 Å². The van der Waals surface area contributed by atoms with Crippen LogP contribution in [0.5, 0.6) is 11.5 Å². The van der Waals surface area contributed by atoms with Crippen molar-refractivity contribution in [3.8, 4) is 11.5 Å². The summed E-state index contributed by atoms with van der Waals surface area (Å²) in [6, 6.07) is 8.44. The highest BCUT2D eigenvalue weighted by molar-refractivity contribution is 6.01. The van der Waals surface area contributed by atoms with Gasteiger partial charge in [-0.1, -0.05) is 12.1 Å². The number of hydrogen-bond donors (Lipinski definition) is 1. The van der Waals surface area contributed by atoms with Gasteiger partial charge in [-0.15, -0.1) is 0 Å². The van der Waals surface area contributed by atoms with E-state index < -0.39 is 0 Å². The molecule has 0 bridgehead atoms. The summed E-state index contributed by atoms with van der Waals surface area (Å²) in [6.07, 6.45) is 0.724. The zero-order valence-electron chi connectivity index (χ0n) is 8.23. The molecule has 2 aromatic carbocycles. The number of fused-ring (bicyclic) bond motifs is 1. The SMILES string of the molecule is COc1cccc2c(C=O)cc(O)cc12. The molecule has 0 amide bonds. The molecule has 0 unspecified atom stereocenters. The minimum absolute atomic E-state index is 0.0640. The summed E-state index contributed by atoms with van der Waals surface area (Å²) in [5.41, 5.74) is 0.462. The van der Waals surface area contributed by atoms with E-state index in [0.717, 1.165) is 17.1 Å². The van der Waals surface area contributed by atoms with Gasteiger partial charge in [-0.2, -0.15) is 0 Å². The van der Waals surface area contributed by atoms with E-state index in [9.17, 15) is 9.90 Å². The number of phenolic OH excluding ortho intramolecular Hbond substituents is 1. The second kappa shape index (κ2) is 3.61. The standard InChI is InChI=1S/C12H10O3/c1-15-12-4-2-3-10-8(7-13)5-9(14)6-11(10)12/h2-7,14H,1H3. The highest BCUT2D eigenvalue weighted by atomic mass is 16.5. The maximum absolute atomic E-state index is 10.8. The van der Waals surface area contributed by atoms with E-state index in [2.05, 4.69) is 0 Å². The number of ether oxygens (including phenoxy) is 1. The van der Waals surface area contributed by atoms with Crippen LogP contribution in [0.25, 0.3) is 10.8 Å². The molecule has 0 radical (unpaired) electrons. The van der Waals surface area contributed by atoms with E-state index in [1.165, 1.54) is 6.07 Å². The molecule has 3 nitrogen and oxygen atoms in total. The Morgan fingerprint density at radius 1 is 1.27 bits per heavy atom. The van der Waals surface area contributed by atoms with E-state index >= 15 is 0 Å². The molecular weight excluding hydrogens is 192 g/mol. The number of phenols is 1. The Hall–Kier alpha value is -2.03. The molecule has 1 N–H and O–H groups in total. The molecule has 15 heavy (non-hydrogen) atoms. The zero-order chi connectivity index (χ0) is 10.8. The molecule has 76 valence electrons. The Morgan fingerprint density at radius 2 is 2.07 bits per heavy atom. The van der Waals surface area contributed by atoms with Crippen LogP contribution in [0, 0.1) is 0 Å². The number of benzene rings is 2. The van der Waals surface area contributed by atoms with E-state index in [1.807, 2.05) is 12.1 Å². The van der Waals surface area contributed by atoms with E-state index in [1.54, 1.807) is 19.2 Å². The van der Waals surface area contributed by atoms with Gasteiger partial charge in [0.2, 0.25) is 0 Å². The third-order valence-electron chi connectivity index (χ3n) is 2.32. The van der Waals surface area contributed by atoms with Gasteiger partial charge in [-0.25, -0.2) is 0 Å². The van der Waals surface area contributed by atoms with Crippen LogP contribution in [0.15, 0.2) is 30.3 Å². The minimum atomic E-state index is 0.0640. The summed E-state index contributed by atoms with van der Waals surface area (Å²) < 4.78 is 5.15. The number of hydrogen-bond acceptors (Lipinski definition) is 3. The summed E-state index contributed by atoms with van der Waals surface area (Å²) in [4.78, 5) is 10.8. The van der Waals surface area contributed by atoms with Crippen LogP contribution in [0.1, 0.15) is 10.4 Å². The van der Waals surface area contributed by atoms with Crippen LogP contribution in [-0.2, 0) is 0 Å². The average Bonchev–Trinajstić information content (AvgIpc) is 2.27. The first-order valence-corrected chi connectivity index (χ1v) is 4.51. The first-order chi connectivity index (χ1) is 7.26. The van der Waals surface area contributed by atoms with Crippen molar-refractivity contribution in [1.29, 1.82) is 0 Å². The largest absolute Gasteiger partial charge is 0.508 e. The number of aromatic hydroxyl groups is 1. The summed E-state index contributed by atoms with van der Waals surface area (Å²) in [6.45, 7) is 0. The minimum Gasteiger partial charge on any atom is -0.508 e. The number of methoxy groups -OCH3 is 1. The molecule has 0 saturated carbocycles. The lowest BCUT2D eigenvalue weighted by Crippen LogP contribution is -1.88. The Morgan fingerprint density at radius 3 is 2.73 bits per heavy atom. The number of rotatable bonds is 2. The second-order valence-corrected chi connectivity index (χ2v) is 3.21. The lowest BCUT2D eigenvalue weighted by atomic mass is 10.0. The maximum atomic E-state index is 10.8. The zero-order valence-corrected chi connectivity index (χ0v) is 8.23. The summed E-state index contributed by atoms with van der Waals surface area (Å²) in [5.74, 6) is 0.709. The van der Waals surface area contributed by atoms with Crippen molar-refractivity contribution in [3.63, 3.8) is 0 Å². The van der Waals surface area contributed by atoms with Crippen LogP contribution in [0.3, 0.4) is 0 Å². The normalized spacial score (nSPS) is 10.2. The van der Waals surface area contributed by atoms with Crippen molar-refractivity contribution < 1.29 is 14.6 Å². The van der Waals surface area contributed by atoms with E-state index in [4.69, 9.17) is 4.74 Å². The van der Waals surface area contributed by atoms with E-state index in [0.29, 0.717) is 11.3 Å². The highest BCUT2D eigenvalue weighted by Gasteiger charge is 2.06. The molecule has 0 aromatic heterocycles. The van der Waals surface area contributed by atoms with Crippen molar-refractivity contribution in [2.75, 3.05) is 7.11 Å². The van der Waals surface area contributed by atoms with Gasteiger partial charge < -0.3 is 9.84 Å². The smallest absolute Gasteiger partial charge is 0.150 e. The lowest BCUT2D eigenvalue weighted by Gasteiger charge is -2.07. The van der Waals surface area contributed by atoms with Crippen LogP contribution in [-0.4, -0.2) is 18.5 Å². The van der Waals surface area contributed by atoms with Crippen molar-refractivity contribution >= 4 is 17.1 Å². The highest BCUT2D eigenvalue weighted by Crippen LogP contribution is 2.30. The van der Waals surface area contributed by atoms with Gasteiger partial charge in [-0.05, 0) is 23.6 Å². The number of carbonyl (C=O) groups is 1. The third kappa shape index (κ3) is 1.52. The molecule has 2 aromatic rings. The van der Waals surface area contributed by atoms with Crippen LogP contribution in [0.4, 0.5) is 0 Å². The average molecular weight is 202 g/mol. The molecule has 2 rings (SSSR count). The Balaban J connectivity index is 2.88. The lowest BCUT2D eigenvalue weighted by molar-refractivity contribution is 0.112. The van der Waals surface area contributed by atoms with Gasteiger partial charge in [0.05, 0.1) is 7.11 Å². The summed E-state index contributed by atoms with van der Waals surface area (Å²) in [5, 5.41) is 11.0. The molecule has 0 aliphatic heterocycles. The topological polar surface area (TPSA) is 46.5 Å². The number of aldehydes is 1. The summed E-state index contributed by atoms with van der Waals surface area (Å²) in [7, 11) is 1.55. The Kier molecular flexibility index (Phi) is 2.29. The van der Waals surface area contributed by atoms with Gasteiger partial charge in [0, 0.05) is 10.9 Å². The first kappa shape index (κ1) is 9.52. The fourth-order valence-electron chi connectivity index (χ4n) is 1.65. The molecule has 3 heteroatoms. The Labute approximate surface area is 86.9 Å². The fraction of sp³-hybridized carbons (Fsp3) is 0.0833. The molecule has 0 heterocycles. The number of carbonyl (C=O) groups excluding carboxylic acids is 1. The van der Waals surface area contributed by atoms with Gasteiger partial charge in [0.25, 0.3) is 0 Å². The molecule has 0 saturated heterocycles. The quantitative estimate of drug-likeness (QED) is 0.760. The predicted molar refractivity (Wildman–Crippen MR) is 57.6 cm³/mol. The second-order valence-electron chi connectivity index (χ2n) is 3.21. The molecule has 0 fully saturated rings. The van der Waals surface area contributed by atoms with Crippen LogP contribution >= 0.6 is 0 Å². The van der Waals surface area contributed by atoms with Crippen LogP contribution < -0.4 is 4.74 Å². The predicted octanol–water partition coefficient (Wildman–Crippen LogP) is 2.37. The molecular formula is C12H10O3. The monoisotopic (exact) mass is 202 g/mol. The first-order valence-electron chi connectivity index (χ1n) is 4.51. The van der Waals surface area contributed by atoms with Crippen molar-refractivity contribution in [2.24, 2.45) is 0 Å². The van der Waals surface area contributed by atoms with Crippen molar-refractivity contribution in [3.05, 3.63) is 35.9 Å².